The van der Waals surface area contributed by atoms with Gasteiger partial charge in [-0.1, -0.05) is 17.7 Å². The molecule has 0 radical (unpaired) electrons. The average Bonchev–Trinajstić information content (AvgIpc) is 2.14. The Hall–Kier alpha value is -0.730. The van der Waals surface area contributed by atoms with Gasteiger partial charge in [-0.3, -0.25) is 0 Å². The number of hydrogen-bond acceptors (Lipinski definition) is 2. The van der Waals surface area contributed by atoms with Crippen molar-refractivity contribution in [2.24, 2.45) is 0 Å². The third-order valence-corrected chi connectivity index (χ3v) is 3.63. The van der Waals surface area contributed by atoms with Gasteiger partial charge in [0.2, 0.25) is 0 Å². The molecule has 17 heavy (non-hydrogen) atoms. The molecule has 94 valence electrons. The van der Waals surface area contributed by atoms with Gasteiger partial charge >= 0.3 is 0 Å². The highest BCUT2D eigenvalue weighted by atomic mass is 35.5. The first kappa shape index (κ1) is 12.7. The molecule has 3 heteroatoms. The Morgan fingerprint density at radius 3 is 2.24 bits per heavy atom. The van der Waals surface area contributed by atoms with E-state index in [9.17, 15) is 0 Å². The molecule has 0 unspecified atom stereocenters. The van der Waals surface area contributed by atoms with E-state index in [1.54, 1.807) is 0 Å². The normalized spacial score (nSPS) is 22.5. The van der Waals surface area contributed by atoms with Crippen LogP contribution in [0.4, 0.5) is 5.69 Å². The average molecular weight is 253 g/mol. The van der Waals surface area contributed by atoms with Crippen molar-refractivity contribution in [1.29, 1.82) is 0 Å². The monoisotopic (exact) mass is 252 g/mol. The Kier molecular flexibility index (Phi) is 3.13. The van der Waals surface area contributed by atoms with Gasteiger partial charge in [0.25, 0.3) is 0 Å². The van der Waals surface area contributed by atoms with Gasteiger partial charge in [-0.05, 0) is 45.9 Å². The smallest absolute Gasteiger partial charge is 0.0476 e. The van der Waals surface area contributed by atoms with Crippen molar-refractivity contribution in [2.75, 3.05) is 18.0 Å². The molecule has 1 aromatic rings. The summed E-state index contributed by atoms with van der Waals surface area (Å²) in [5.41, 5.74) is 1.38. The number of nitrogens with zero attached hydrogens (tertiary/aromatic N) is 1. The number of nitrogens with one attached hydrogen (secondary N) is 1. The predicted molar refractivity (Wildman–Crippen MR) is 75.0 cm³/mol. The molecule has 1 aromatic carbocycles. The van der Waals surface area contributed by atoms with E-state index in [-0.39, 0.29) is 11.1 Å². The van der Waals surface area contributed by atoms with Gasteiger partial charge in [-0.15, -0.1) is 0 Å². The first-order valence-corrected chi connectivity index (χ1v) is 6.47. The first-order valence-electron chi connectivity index (χ1n) is 6.10. The van der Waals surface area contributed by atoms with Crippen molar-refractivity contribution >= 4 is 17.3 Å². The van der Waals surface area contributed by atoms with E-state index in [0.29, 0.717) is 0 Å². The summed E-state index contributed by atoms with van der Waals surface area (Å²) >= 11 is 6.11. The maximum atomic E-state index is 6.11. The fourth-order valence-electron chi connectivity index (χ4n) is 2.97. The van der Waals surface area contributed by atoms with Crippen LogP contribution < -0.4 is 10.2 Å². The molecule has 2 nitrogen and oxygen atoms in total. The number of anilines is 1. The minimum Gasteiger partial charge on any atom is -0.359 e. The molecular formula is C14H21ClN2. The number of halogens is 1. The zero-order valence-electron chi connectivity index (χ0n) is 11.0. The maximum absolute atomic E-state index is 6.11. The molecule has 1 N–H and O–H groups in total. The van der Waals surface area contributed by atoms with Crippen LogP contribution in [-0.2, 0) is 0 Å². The highest BCUT2D eigenvalue weighted by Crippen LogP contribution is 2.35. The minimum atomic E-state index is 0.0897. The van der Waals surface area contributed by atoms with Crippen molar-refractivity contribution in [2.45, 2.75) is 38.8 Å². The summed E-state index contributed by atoms with van der Waals surface area (Å²) in [6.07, 6.45) is 0. The Labute approximate surface area is 109 Å². The van der Waals surface area contributed by atoms with E-state index in [4.69, 9.17) is 11.6 Å². The van der Waals surface area contributed by atoms with Crippen LogP contribution in [0.5, 0.6) is 0 Å². The SMILES string of the molecule is CC1(C)CNCC(C)(C)N1c1cccc(Cl)c1. The van der Waals surface area contributed by atoms with Crippen molar-refractivity contribution in [3.8, 4) is 0 Å². The van der Waals surface area contributed by atoms with Crippen LogP contribution in [-0.4, -0.2) is 24.2 Å². The van der Waals surface area contributed by atoms with Gasteiger partial charge < -0.3 is 10.2 Å². The number of rotatable bonds is 1. The maximum Gasteiger partial charge on any atom is 0.0476 e. The van der Waals surface area contributed by atoms with Crippen LogP contribution in [0.3, 0.4) is 0 Å². The summed E-state index contributed by atoms with van der Waals surface area (Å²) in [5.74, 6) is 0. The highest BCUT2D eigenvalue weighted by molar-refractivity contribution is 6.30. The molecule has 0 aromatic heterocycles. The molecule has 1 aliphatic rings. The fraction of sp³-hybridized carbons (Fsp3) is 0.571. The van der Waals surface area contributed by atoms with Crippen molar-refractivity contribution in [3.63, 3.8) is 0 Å². The van der Waals surface area contributed by atoms with Crippen molar-refractivity contribution in [3.05, 3.63) is 29.3 Å². The van der Waals surface area contributed by atoms with E-state index in [2.05, 4.69) is 50.0 Å². The van der Waals surface area contributed by atoms with Gasteiger partial charge in [0.05, 0.1) is 0 Å². The van der Waals surface area contributed by atoms with Crippen LogP contribution in [0.15, 0.2) is 24.3 Å². The van der Waals surface area contributed by atoms with Gasteiger partial charge in [-0.25, -0.2) is 0 Å². The lowest BCUT2D eigenvalue weighted by atomic mass is 9.88. The fourth-order valence-corrected chi connectivity index (χ4v) is 3.15. The molecule has 1 saturated heterocycles. The molecule has 1 fully saturated rings. The summed E-state index contributed by atoms with van der Waals surface area (Å²) in [6.45, 7) is 11.0. The lowest BCUT2D eigenvalue weighted by molar-refractivity contribution is 0.263. The lowest BCUT2D eigenvalue weighted by Gasteiger charge is -2.54. The van der Waals surface area contributed by atoms with Crippen LogP contribution in [0.2, 0.25) is 5.02 Å². The summed E-state index contributed by atoms with van der Waals surface area (Å²) < 4.78 is 0. The largest absolute Gasteiger partial charge is 0.359 e. The van der Waals surface area contributed by atoms with Crippen LogP contribution in [0, 0.1) is 0 Å². The predicted octanol–water partition coefficient (Wildman–Crippen LogP) is 3.31. The molecule has 0 saturated carbocycles. The third-order valence-electron chi connectivity index (χ3n) is 3.39. The van der Waals surface area contributed by atoms with Crippen LogP contribution >= 0.6 is 11.6 Å². The molecule has 0 atom stereocenters. The molecule has 0 aliphatic carbocycles. The third kappa shape index (κ3) is 2.43. The van der Waals surface area contributed by atoms with E-state index in [0.717, 1.165) is 18.1 Å². The van der Waals surface area contributed by atoms with E-state index < -0.39 is 0 Å². The molecule has 0 amide bonds. The summed E-state index contributed by atoms with van der Waals surface area (Å²) in [4.78, 5) is 2.47. The molecule has 1 heterocycles. The Morgan fingerprint density at radius 1 is 1.12 bits per heavy atom. The van der Waals surface area contributed by atoms with Gasteiger partial charge in [0, 0.05) is 34.9 Å². The number of hydrogen-bond donors (Lipinski definition) is 1. The lowest BCUT2D eigenvalue weighted by Crippen LogP contribution is -2.68. The second kappa shape index (κ2) is 4.18. The summed E-state index contributed by atoms with van der Waals surface area (Å²) in [5, 5.41) is 4.30. The topological polar surface area (TPSA) is 15.3 Å². The molecule has 0 spiro atoms. The van der Waals surface area contributed by atoms with Crippen molar-refractivity contribution < 1.29 is 0 Å². The number of piperazine rings is 1. The van der Waals surface area contributed by atoms with Crippen LogP contribution in [0.25, 0.3) is 0 Å². The van der Waals surface area contributed by atoms with E-state index >= 15 is 0 Å². The zero-order valence-corrected chi connectivity index (χ0v) is 11.8. The Bertz CT molecular complexity index is 396. The Balaban J connectivity index is 2.45. The number of benzene rings is 1. The molecule has 1 aliphatic heterocycles. The second-order valence-electron chi connectivity index (χ2n) is 6.04. The van der Waals surface area contributed by atoms with Crippen molar-refractivity contribution in [1.82, 2.24) is 5.32 Å². The zero-order chi connectivity index (χ0) is 12.7. The second-order valence-corrected chi connectivity index (χ2v) is 6.48. The molecular weight excluding hydrogens is 232 g/mol. The Morgan fingerprint density at radius 2 is 1.71 bits per heavy atom. The van der Waals surface area contributed by atoms with Gasteiger partial charge in [0.1, 0.15) is 0 Å². The quantitative estimate of drug-likeness (QED) is 0.825. The summed E-state index contributed by atoms with van der Waals surface area (Å²) in [7, 11) is 0. The van der Waals surface area contributed by atoms with E-state index in [1.807, 2.05) is 12.1 Å². The highest BCUT2D eigenvalue weighted by Gasteiger charge is 2.41. The first-order chi connectivity index (χ1) is 7.83. The van der Waals surface area contributed by atoms with E-state index in [1.165, 1.54) is 5.69 Å². The van der Waals surface area contributed by atoms with Crippen LogP contribution in [0.1, 0.15) is 27.7 Å². The standard InChI is InChI=1S/C14H21ClN2/c1-13(2)9-16-10-14(3,4)17(13)12-7-5-6-11(15)8-12/h5-8,16H,9-10H2,1-4H3. The minimum absolute atomic E-state index is 0.0897. The van der Waals surface area contributed by atoms with Gasteiger partial charge in [-0.2, -0.15) is 0 Å². The van der Waals surface area contributed by atoms with Gasteiger partial charge in [0.15, 0.2) is 0 Å². The summed E-state index contributed by atoms with van der Waals surface area (Å²) in [6, 6.07) is 8.14. The molecule has 2 rings (SSSR count). The molecule has 0 bridgehead atoms.